The Bertz CT molecular complexity index is 675. The summed E-state index contributed by atoms with van der Waals surface area (Å²) in [4.78, 5) is 0.462. The normalized spacial score (nSPS) is 36.2. The van der Waals surface area contributed by atoms with Crippen LogP contribution in [0.3, 0.4) is 0 Å². The van der Waals surface area contributed by atoms with Gasteiger partial charge in [0.2, 0.25) is 10.0 Å². The van der Waals surface area contributed by atoms with E-state index in [4.69, 9.17) is 0 Å². The molecule has 5 rings (SSSR count). The van der Waals surface area contributed by atoms with Crippen molar-refractivity contribution >= 4 is 10.0 Å². The molecule has 1 aromatic carbocycles. The molecule has 132 valence electrons. The Hall–Kier alpha value is -0.870. The lowest BCUT2D eigenvalue weighted by molar-refractivity contribution is -0.0660. The first kappa shape index (κ1) is 16.6. The molecule has 4 fully saturated rings. The number of piperidine rings is 2. The molecule has 4 heteroatoms. The zero-order valence-electron chi connectivity index (χ0n) is 15.0. The smallest absolute Gasteiger partial charge is 0.207 e. The maximum absolute atomic E-state index is 13.2. The number of sulfonamides is 1. The third-order valence-electron chi connectivity index (χ3n) is 6.40. The third-order valence-corrected chi connectivity index (χ3v) is 8.42. The van der Waals surface area contributed by atoms with E-state index in [9.17, 15) is 8.42 Å². The molecule has 1 aromatic rings. The van der Waals surface area contributed by atoms with Crippen LogP contribution in [0.4, 0.5) is 0 Å². The molecule has 0 amide bonds. The summed E-state index contributed by atoms with van der Waals surface area (Å²) in [6.45, 7) is 7.01. The second-order valence-electron chi connectivity index (χ2n) is 9.35. The van der Waals surface area contributed by atoms with Crippen LogP contribution in [0.2, 0.25) is 0 Å². The molecule has 0 unspecified atom stereocenters. The van der Waals surface area contributed by atoms with Crippen molar-refractivity contribution < 1.29 is 8.42 Å². The molecule has 2 saturated heterocycles. The molecular formula is C20H29NO2S. The van der Waals surface area contributed by atoms with E-state index in [1.807, 2.05) is 22.5 Å². The van der Waals surface area contributed by atoms with Gasteiger partial charge in [-0.25, -0.2) is 8.42 Å². The molecule has 2 saturated carbocycles. The van der Waals surface area contributed by atoms with Gasteiger partial charge in [0.1, 0.15) is 0 Å². The lowest BCUT2D eigenvalue weighted by Gasteiger charge is -2.59. The Morgan fingerprint density at radius 3 is 1.92 bits per heavy atom. The zero-order valence-corrected chi connectivity index (χ0v) is 15.8. The van der Waals surface area contributed by atoms with Gasteiger partial charge in [-0.1, -0.05) is 39.0 Å². The van der Waals surface area contributed by atoms with Crippen molar-refractivity contribution in [1.29, 1.82) is 0 Å². The zero-order chi connectivity index (χ0) is 17.1. The van der Waals surface area contributed by atoms with Gasteiger partial charge in [-0.3, -0.25) is 0 Å². The summed E-state index contributed by atoms with van der Waals surface area (Å²) in [5, 5.41) is 0. The molecule has 0 radical (unpaired) electrons. The number of benzene rings is 1. The van der Waals surface area contributed by atoms with Crippen molar-refractivity contribution in [3.8, 4) is 0 Å². The predicted molar refractivity (Wildman–Crippen MR) is 96.1 cm³/mol. The summed E-state index contributed by atoms with van der Waals surface area (Å²) in [5.74, 6) is 2.27. The van der Waals surface area contributed by atoms with E-state index in [0.29, 0.717) is 10.3 Å². The Labute approximate surface area is 146 Å². The minimum Gasteiger partial charge on any atom is -0.207 e. The first-order chi connectivity index (χ1) is 11.3. The number of nitrogens with zero attached hydrogens (tertiary/aromatic N) is 1. The van der Waals surface area contributed by atoms with Crippen molar-refractivity contribution in [1.82, 2.24) is 4.31 Å². The van der Waals surface area contributed by atoms with Gasteiger partial charge in [0, 0.05) is 12.1 Å². The molecule has 2 aliphatic carbocycles. The van der Waals surface area contributed by atoms with Crippen LogP contribution in [-0.2, 0) is 10.0 Å². The highest BCUT2D eigenvalue weighted by Crippen LogP contribution is 2.56. The van der Waals surface area contributed by atoms with E-state index in [0.717, 1.165) is 43.4 Å². The average molecular weight is 348 g/mol. The van der Waals surface area contributed by atoms with Gasteiger partial charge in [0.15, 0.2) is 0 Å². The summed E-state index contributed by atoms with van der Waals surface area (Å²) in [6.07, 6.45) is 5.56. The number of rotatable bonds is 3. The highest BCUT2D eigenvalue weighted by atomic mass is 32.2. The van der Waals surface area contributed by atoms with E-state index in [-0.39, 0.29) is 12.1 Å². The van der Waals surface area contributed by atoms with Gasteiger partial charge < -0.3 is 0 Å². The van der Waals surface area contributed by atoms with Crippen LogP contribution in [0, 0.1) is 23.2 Å². The lowest BCUT2D eigenvalue weighted by atomic mass is 9.56. The highest BCUT2D eigenvalue weighted by Gasteiger charge is 2.55. The van der Waals surface area contributed by atoms with Crippen LogP contribution in [0.5, 0.6) is 0 Å². The number of hydrogen-bond donors (Lipinski definition) is 0. The molecular weight excluding hydrogens is 318 g/mol. The Balaban J connectivity index is 1.59. The van der Waals surface area contributed by atoms with Crippen LogP contribution in [0.1, 0.15) is 52.9 Å². The highest BCUT2D eigenvalue weighted by molar-refractivity contribution is 7.89. The molecule has 2 heterocycles. The number of hydrogen-bond acceptors (Lipinski definition) is 2. The van der Waals surface area contributed by atoms with E-state index in [2.05, 4.69) is 20.8 Å². The summed E-state index contributed by atoms with van der Waals surface area (Å²) in [7, 11) is -3.34. The van der Waals surface area contributed by atoms with E-state index < -0.39 is 10.0 Å². The van der Waals surface area contributed by atoms with E-state index >= 15 is 0 Å². The fraction of sp³-hybridized carbons (Fsp3) is 0.700. The minimum atomic E-state index is -3.34. The summed E-state index contributed by atoms with van der Waals surface area (Å²) in [6, 6.07) is 9.46. The monoisotopic (exact) mass is 347 g/mol. The van der Waals surface area contributed by atoms with Gasteiger partial charge in [-0.15, -0.1) is 0 Å². The minimum absolute atomic E-state index is 0.230. The van der Waals surface area contributed by atoms with Gasteiger partial charge >= 0.3 is 0 Å². The topological polar surface area (TPSA) is 37.4 Å². The molecule has 4 aliphatic rings. The molecule has 0 atom stereocenters. The van der Waals surface area contributed by atoms with Crippen molar-refractivity contribution in [3.63, 3.8) is 0 Å². The van der Waals surface area contributed by atoms with Crippen LogP contribution in [0.25, 0.3) is 0 Å². The van der Waals surface area contributed by atoms with Crippen LogP contribution in [0.15, 0.2) is 35.2 Å². The Morgan fingerprint density at radius 1 is 0.958 bits per heavy atom. The predicted octanol–water partition coefficient (Wildman–Crippen LogP) is 4.30. The fourth-order valence-electron chi connectivity index (χ4n) is 5.73. The largest absolute Gasteiger partial charge is 0.243 e. The van der Waals surface area contributed by atoms with Crippen LogP contribution < -0.4 is 0 Å². The van der Waals surface area contributed by atoms with E-state index in [1.165, 1.54) is 6.42 Å². The maximum atomic E-state index is 13.2. The molecule has 4 bridgehead atoms. The lowest BCUT2D eigenvalue weighted by Crippen LogP contribution is -2.62. The summed E-state index contributed by atoms with van der Waals surface area (Å²) < 4.78 is 28.2. The van der Waals surface area contributed by atoms with Crippen molar-refractivity contribution in [2.24, 2.45) is 23.2 Å². The Kier molecular flexibility index (Phi) is 3.85. The van der Waals surface area contributed by atoms with Crippen molar-refractivity contribution in [2.75, 3.05) is 0 Å². The fourth-order valence-corrected chi connectivity index (χ4v) is 7.60. The summed E-state index contributed by atoms with van der Waals surface area (Å²) >= 11 is 0. The van der Waals surface area contributed by atoms with Crippen LogP contribution in [-0.4, -0.2) is 24.8 Å². The third kappa shape index (κ3) is 2.72. The van der Waals surface area contributed by atoms with Gasteiger partial charge in [-0.2, -0.15) is 4.31 Å². The molecule has 24 heavy (non-hydrogen) atoms. The summed E-state index contributed by atoms with van der Waals surface area (Å²) in [5.41, 5.74) is 0.371. The molecule has 3 nitrogen and oxygen atoms in total. The molecule has 0 aromatic heterocycles. The standard InChI is InChI=1S/C20H29NO2S/c1-20(2,3)13-19-14-9-16-11-15(19)12-17(10-14)21(16)24(22,23)18-7-5-4-6-8-18/h4-8,14-17,19H,9-13H2,1-3H3. The average Bonchev–Trinajstić information content (AvgIpc) is 2.49. The Morgan fingerprint density at radius 2 is 1.46 bits per heavy atom. The van der Waals surface area contributed by atoms with Crippen LogP contribution >= 0.6 is 0 Å². The second-order valence-corrected chi connectivity index (χ2v) is 11.2. The molecule has 0 N–H and O–H groups in total. The van der Waals surface area contributed by atoms with Gasteiger partial charge in [0.05, 0.1) is 4.90 Å². The maximum Gasteiger partial charge on any atom is 0.243 e. The van der Waals surface area contributed by atoms with Gasteiger partial charge in [-0.05, 0) is 67.4 Å². The second kappa shape index (κ2) is 5.57. The molecule has 2 aliphatic heterocycles. The SMILES string of the molecule is CC(C)(C)CC1C2CC3CC1CC(C2)N3S(=O)(=O)c1ccccc1. The van der Waals surface area contributed by atoms with Crippen molar-refractivity contribution in [3.05, 3.63) is 30.3 Å². The van der Waals surface area contributed by atoms with E-state index in [1.54, 1.807) is 12.1 Å². The quantitative estimate of drug-likeness (QED) is 0.817. The first-order valence-electron chi connectivity index (χ1n) is 9.34. The first-order valence-corrected chi connectivity index (χ1v) is 10.8. The van der Waals surface area contributed by atoms with Crippen molar-refractivity contribution in [2.45, 2.75) is 69.9 Å². The van der Waals surface area contributed by atoms with Gasteiger partial charge in [0.25, 0.3) is 0 Å². The molecule has 0 spiro atoms.